The lowest BCUT2D eigenvalue weighted by atomic mass is 9.93. The predicted molar refractivity (Wildman–Crippen MR) is 88.1 cm³/mol. The number of carbonyl (C=O) groups excluding carboxylic acids is 1. The van der Waals surface area contributed by atoms with Crippen LogP contribution in [0.2, 0.25) is 0 Å². The third kappa shape index (κ3) is 3.54. The molecule has 1 aromatic rings. The Hall–Kier alpha value is -1.11. The second kappa shape index (κ2) is 7.20. The van der Waals surface area contributed by atoms with Crippen LogP contribution in [0.4, 0.5) is 0 Å². The van der Waals surface area contributed by atoms with Crippen LogP contribution in [0.15, 0.2) is 10.5 Å². The molecule has 0 bridgehead atoms. The first-order valence-electron chi connectivity index (χ1n) is 7.79. The van der Waals surface area contributed by atoms with Gasteiger partial charge < -0.3 is 18.9 Å². The van der Waals surface area contributed by atoms with Gasteiger partial charge in [-0.2, -0.15) is 0 Å². The van der Waals surface area contributed by atoms with Crippen LogP contribution in [0.25, 0.3) is 0 Å². The van der Waals surface area contributed by atoms with Gasteiger partial charge in [-0.3, -0.25) is 4.79 Å². The molecule has 5 nitrogen and oxygen atoms in total. The van der Waals surface area contributed by atoms with Crippen molar-refractivity contribution in [2.75, 3.05) is 27.4 Å². The maximum atomic E-state index is 12.4. The minimum Gasteiger partial charge on any atom is -0.495 e. The Morgan fingerprint density at radius 2 is 1.96 bits per heavy atom. The van der Waals surface area contributed by atoms with Gasteiger partial charge in [-0.1, -0.05) is 0 Å². The summed E-state index contributed by atoms with van der Waals surface area (Å²) in [5, 5.41) is 0. The second-order valence-corrected chi connectivity index (χ2v) is 6.75. The lowest BCUT2D eigenvalue weighted by Crippen LogP contribution is -2.18. The average molecular weight is 385 g/mol. The fraction of sp³-hybridized carbons (Fsp3) is 0.588. The van der Waals surface area contributed by atoms with E-state index in [1.54, 1.807) is 14.2 Å². The third-order valence-corrected chi connectivity index (χ3v) is 5.17. The lowest BCUT2D eigenvalue weighted by Gasteiger charge is -2.19. The van der Waals surface area contributed by atoms with Crippen molar-refractivity contribution >= 4 is 21.7 Å². The van der Waals surface area contributed by atoms with Crippen molar-refractivity contribution in [2.24, 2.45) is 5.92 Å². The van der Waals surface area contributed by atoms with Crippen molar-refractivity contribution in [3.05, 3.63) is 21.7 Å². The Kier molecular flexibility index (Phi) is 5.24. The van der Waals surface area contributed by atoms with Crippen LogP contribution in [-0.2, 0) is 27.1 Å². The van der Waals surface area contributed by atoms with E-state index in [4.69, 9.17) is 18.9 Å². The van der Waals surface area contributed by atoms with Gasteiger partial charge in [0.1, 0.15) is 21.8 Å². The molecule has 1 heterocycles. The van der Waals surface area contributed by atoms with Gasteiger partial charge in [-0.25, -0.2) is 0 Å². The van der Waals surface area contributed by atoms with Crippen molar-refractivity contribution in [3.63, 3.8) is 0 Å². The molecule has 3 rings (SSSR count). The smallest absolute Gasteiger partial charge is 0.158 e. The molecule has 0 N–H and O–H groups in total. The molecule has 1 atom stereocenters. The fourth-order valence-electron chi connectivity index (χ4n) is 3.39. The highest BCUT2D eigenvalue weighted by molar-refractivity contribution is 9.10. The molecule has 23 heavy (non-hydrogen) atoms. The topological polar surface area (TPSA) is 54.0 Å². The van der Waals surface area contributed by atoms with E-state index in [-0.39, 0.29) is 18.0 Å². The Balaban J connectivity index is 1.92. The molecule has 1 saturated heterocycles. The summed E-state index contributed by atoms with van der Waals surface area (Å²) < 4.78 is 22.8. The normalized spacial score (nSPS) is 21.9. The Morgan fingerprint density at radius 1 is 1.22 bits per heavy atom. The zero-order valence-electron chi connectivity index (χ0n) is 13.4. The van der Waals surface area contributed by atoms with Gasteiger partial charge in [0.2, 0.25) is 0 Å². The number of carbonyl (C=O) groups is 1. The van der Waals surface area contributed by atoms with Gasteiger partial charge in [0, 0.05) is 24.8 Å². The van der Waals surface area contributed by atoms with E-state index in [0.29, 0.717) is 31.8 Å². The van der Waals surface area contributed by atoms with Gasteiger partial charge in [-0.05, 0) is 39.9 Å². The molecule has 0 saturated carbocycles. The van der Waals surface area contributed by atoms with Crippen LogP contribution in [0.1, 0.15) is 24.0 Å². The van der Waals surface area contributed by atoms with Crippen LogP contribution in [0, 0.1) is 5.92 Å². The highest BCUT2D eigenvalue weighted by Gasteiger charge is 2.30. The molecular formula is C17H21BrO5. The number of hydrogen-bond donors (Lipinski definition) is 0. The van der Waals surface area contributed by atoms with E-state index in [9.17, 15) is 4.79 Å². The highest BCUT2D eigenvalue weighted by atomic mass is 79.9. The monoisotopic (exact) mass is 384 g/mol. The van der Waals surface area contributed by atoms with E-state index in [1.165, 1.54) is 0 Å². The highest BCUT2D eigenvalue weighted by Crippen LogP contribution is 2.42. The van der Waals surface area contributed by atoms with E-state index in [2.05, 4.69) is 15.9 Å². The van der Waals surface area contributed by atoms with Crippen molar-refractivity contribution in [1.29, 1.82) is 0 Å². The molecule has 0 radical (unpaired) electrons. The first-order chi connectivity index (χ1) is 11.1. The van der Waals surface area contributed by atoms with Crippen LogP contribution in [0.5, 0.6) is 11.5 Å². The zero-order valence-corrected chi connectivity index (χ0v) is 15.0. The number of ether oxygens (including phenoxy) is 4. The zero-order chi connectivity index (χ0) is 16.4. The largest absolute Gasteiger partial charge is 0.495 e. The Labute approximate surface area is 144 Å². The van der Waals surface area contributed by atoms with Gasteiger partial charge in [0.25, 0.3) is 0 Å². The maximum Gasteiger partial charge on any atom is 0.158 e. The number of fused-ring (bicyclic) bond motifs is 1. The molecule has 1 aromatic carbocycles. The van der Waals surface area contributed by atoms with Gasteiger partial charge in [0.05, 0.1) is 27.4 Å². The molecule has 1 fully saturated rings. The lowest BCUT2D eigenvalue weighted by molar-refractivity contribution is -0.120. The molecule has 2 aliphatic rings. The minimum absolute atomic E-state index is 0.186. The SMILES string of the molecule is COc1cc2c(c(OC)c1Br)CC(=O)CC(CC1OCCO1)C2. The van der Waals surface area contributed by atoms with Crippen molar-refractivity contribution < 1.29 is 23.7 Å². The number of ketones is 1. The van der Waals surface area contributed by atoms with E-state index in [0.717, 1.165) is 34.2 Å². The molecular weight excluding hydrogens is 364 g/mol. The molecule has 1 unspecified atom stereocenters. The van der Waals surface area contributed by atoms with Gasteiger partial charge in [0.15, 0.2) is 6.29 Å². The third-order valence-electron chi connectivity index (χ3n) is 4.42. The van der Waals surface area contributed by atoms with Crippen molar-refractivity contribution in [2.45, 2.75) is 32.0 Å². The molecule has 126 valence electrons. The number of rotatable bonds is 4. The van der Waals surface area contributed by atoms with Crippen LogP contribution < -0.4 is 9.47 Å². The second-order valence-electron chi connectivity index (χ2n) is 5.96. The summed E-state index contributed by atoms with van der Waals surface area (Å²) in [6.45, 7) is 1.27. The van der Waals surface area contributed by atoms with E-state index in [1.807, 2.05) is 6.07 Å². The number of methoxy groups -OCH3 is 2. The summed E-state index contributed by atoms with van der Waals surface area (Å²) in [4.78, 5) is 12.4. The summed E-state index contributed by atoms with van der Waals surface area (Å²) in [5.74, 6) is 1.85. The predicted octanol–water partition coefficient (Wildman–Crippen LogP) is 2.90. The van der Waals surface area contributed by atoms with Gasteiger partial charge >= 0.3 is 0 Å². The molecule has 1 aliphatic carbocycles. The Morgan fingerprint density at radius 3 is 2.61 bits per heavy atom. The maximum absolute atomic E-state index is 12.4. The number of hydrogen-bond acceptors (Lipinski definition) is 5. The summed E-state index contributed by atoms with van der Waals surface area (Å²) in [6, 6.07) is 2.00. The minimum atomic E-state index is -0.186. The Bertz CT molecular complexity index is 595. The quantitative estimate of drug-likeness (QED) is 0.747. The standard InChI is InChI=1S/C17H21BrO5/c1-20-14-8-11-5-10(7-15-22-3-4-23-15)6-12(19)9-13(11)17(21-2)16(14)18/h8,10,15H,3-7,9H2,1-2H3. The molecule has 0 spiro atoms. The molecule has 1 aliphatic heterocycles. The van der Waals surface area contributed by atoms with Gasteiger partial charge in [-0.15, -0.1) is 0 Å². The summed E-state index contributed by atoms with van der Waals surface area (Å²) >= 11 is 3.51. The molecule has 0 aromatic heterocycles. The molecule has 6 heteroatoms. The number of benzene rings is 1. The van der Waals surface area contributed by atoms with Crippen LogP contribution >= 0.6 is 15.9 Å². The number of halogens is 1. The molecule has 0 amide bonds. The van der Waals surface area contributed by atoms with E-state index < -0.39 is 0 Å². The summed E-state index contributed by atoms with van der Waals surface area (Å²) in [6.07, 6.45) is 2.29. The summed E-state index contributed by atoms with van der Waals surface area (Å²) in [5.41, 5.74) is 2.07. The summed E-state index contributed by atoms with van der Waals surface area (Å²) in [7, 11) is 3.25. The van der Waals surface area contributed by atoms with Crippen LogP contribution in [0.3, 0.4) is 0 Å². The van der Waals surface area contributed by atoms with Crippen molar-refractivity contribution in [1.82, 2.24) is 0 Å². The van der Waals surface area contributed by atoms with Crippen molar-refractivity contribution in [3.8, 4) is 11.5 Å². The van der Waals surface area contributed by atoms with E-state index >= 15 is 0 Å². The fourth-order valence-corrected chi connectivity index (χ4v) is 4.07. The average Bonchev–Trinajstić information content (AvgIpc) is 2.97. The van der Waals surface area contributed by atoms with Crippen LogP contribution in [-0.4, -0.2) is 39.5 Å². The first kappa shape index (κ1) is 16.7. The first-order valence-corrected chi connectivity index (χ1v) is 8.58. The number of Topliss-reactive ketones (excluding diaryl/α,β-unsaturated/α-hetero) is 1.